The van der Waals surface area contributed by atoms with Gasteiger partial charge in [0.1, 0.15) is 22.6 Å². The van der Waals surface area contributed by atoms with Crippen LogP contribution in [0.15, 0.2) is 28.8 Å². The summed E-state index contributed by atoms with van der Waals surface area (Å²) >= 11 is 0. The molecule has 6 heteroatoms. The van der Waals surface area contributed by atoms with E-state index in [1.807, 2.05) is 45.3 Å². The molecule has 23 heavy (non-hydrogen) atoms. The van der Waals surface area contributed by atoms with Crippen LogP contribution in [0, 0.1) is 13.8 Å². The van der Waals surface area contributed by atoms with Crippen molar-refractivity contribution in [2.24, 2.45) is 5.73 Å². The molecular formula is C17H18N3O3+. The van der Waals surface area contributed by atoms with Gasteiger partial charge >= 0.3 is 0 Å². The fourth-order valence-electron chi connectivity index (χ4n) is 3.28. The molecule has 2 aromatic rings. The predicted molar refractivity (Wildman–Crippen MR) is 87.1 cm³/mol. The fraction of sp³-hybridized carbons (Fsp3) is 0.235. The van der Waals surface area contributed by atoms with Gasteiger partial charge in [-0.3, -0.25) is 14.1 Å². The van der Waals surface area contributed by atoms with Gasteiger partial charge in [-0.25, -0.2) is 0 Å². The van der Waals surface area contributed by atoms with Crippen molar-refractivity contribution in [3.05, 3.63) is 46.8 Å². The molecule has 1 aliphatic rings. The van der Waals surface area contributed by atoms with Crippen molar-refractivity contribution in [1.82, 2.24) is 9.64 Å². The van der Waals surface area contributed by atoms with Crippen LogP contribution in [0.1, 0.15) is 22.6 Å². The SMILES string of the molecule is Cc1noc(C)c1C1=C(C(=O)C(N)=O)c2ccccc2[N+]1(C)C. The van der Waals surface area contributed by atoms with Crippen LogP contribution in [0.4, 0.5) is 5.69 Å². The number of quaternary nitrogens is 1. The lowest BCUT2D eigenvalue weighted by atomic mass is 9.97. The van der Waals surface area contributed by atoms with E-state index in [9.17, 15) is 9.59 Å². The number of fused-ring (bicyclic) bond motifs is 1. The highest BCUT2D eigenvalue weighted by Crippen LogP contribution is 2.48. The number of carbonyl (C=O) groups excluding carboxylic acids is 2. The number of benzene rings is 1. The van der Waals surface area contributed by atoms with Gasteiger partial charge in [-0.05, 0) is 19.9 Å². The van der Waals surface area contributed by atoms with E-state index in [2.05, 4.69) is 5.16 Å². The second kappa shape index (κ2) is 4.89. The standard InChI is InChI=1S/C17H17N3O3/c1-9-13(10(2)23-19-9)15-14(16(21)17(18)22)11-7-5-6-8-12(11)20(15,3)4/h5-8H,1-4H3,(H-,18,22)/p+1. The summed E-state index contributed by atoms with van der Waals surface area (Å²) in [6.07, 6.45) is 0. The molecule has 1 aromatic heterocycles. The lowest BCUT2D eigenvalue weighted by Gasteiger charge is -2.27. The molecule has 3 rings (SSSR count). The average molecular weight is 312 g/mol. The van der Waals surface area contributed by atoms with Crippen LogP contribution in [-0.4, -0.2) is 30.9 Å². The van der Waals surface area contributed by atoms with Crippen molar-refractivity contribution in [2.75, 3.05) is 14.1 Å². The van der Waals surface area contributed by atoms with Gasteiger partial charge < -0.3 is 10.3 Å². The summed E-state index contributed by atoms with van der Waals surface area (Å²) < 4.78 is 5.58. The fourth-order valence-corrected chi connectivity index (χ4v) is 3.28. The largest absolute Gasteiger partial charge is 0.363 e. The number of ketones is 1. The highest BCUT2D eigenvalue weighted by molar-refractivity contribution is 6.56. The molecule has 0 fully saturated rings. The molecule has 0 unspecified atom stereocenters. The molecule has 1 amide bonds. The van der Waals surface area contributed by atoms with Crippen molar-refractivity contribution in [2.45, 2.75) is 13.8 Å². The Morgan fingerprint density at radius 3 is 2.39 bits per heavy atom. The lowest BCUT2D eigenvalue weighted by Crippen LogP contribution is -2.37. The minimum atomic E-state index is -0.971. The molecule has 0 saturated carbocycles. The number of nitrogens with two attached hydrogens (primary N) is 1. The maximum Gasteiger partial charge on any atom is 0.290 e. The number of amides is 1. The molecule has 0 radical (unpaired) electrons. The van der Waals surface area contributed by atoms with E-state index in [4.69, 9.17) is 10.3 Å². The summed E-state index contributed by atoms with van der Waals surface area (Å²) in [7, 11) is 3.92. The van der Waals surface area contributed by atoms with E-state index in [-0.39, 0.29) is 0 Å². The van der Waals surface area contributed by atoms with Gasteiger partial charge in [0.2, 0.25) is 0 Å². The topological polar surface area (TPSA) is 86.2 Å². The molecule has 0 saturated heterocycles. The third-order valence-corrected chi connectivity index (χ3v) is 4.29. The first-order valence-electron chi connectivity index (χ1n) is 7.23. The van der Waals surface area contributed by atoms with E-state index in [1.54, 1.807) is 6.92 Å². The van der Waals surface area contributed by atoms with Crippen LogP contribution in [0.3, 0.4) is 0 Å². The number of carbonyl (C=O) groups is 2. The predicted octanol–water partition coefficient (Wildman–Crippen LogP) is 1.79. The summed E-state index contributed by atoms with van der Waals surface area (Å²) in [6.45, 7) is 3.60. The van der Waals surface area contributed by atoms with Crippen molar-refractivity contribution in [3.8, 4) is 0 Å². The van der Waals surface area contributed by atoms with Gasteiger partial charge in [-0.15, -0.1) is 0 Å². The molecule has 6 nitrogen and oxygen atoms in total. The van der Waals surface area contributed by atoms with Crippen LogP contribution in [0.5, 0.6) is 0 Å². The molecule has 0 aliphatic carbocycles. The molecule has 1 aliphatic heterocycles. The van der Waals surface area contributed by atoms with Crippen molar-refractivity contribution in [3.63, 3.8) is 0 Å². The normalized spacial score (nSPS) is 15.7. The zero-order valence-electron chi connectivity index (χ0n) is 13.5. The Bertz CT molecular complexity index is 855. The summed E-state index contributed by atoms with van der Waals surface area (Å²) in [6, 6.07) is 7.51. The van der Waals surface area contributed by atoms with E-state index in [1.165, 1.54) is 0 Å². The molecule has 2 heterocycles. The molecule has 0 spiro atoms. The third kappa shape index (κ3) is 2.03. The molecule has 118 valence electrons. The molecule has 0 bridgehead atoms. The first-order chi connectivity index (χ1) is 10.8. The Labute approximate surface area is 133 Å². The van der Waals surface area contributed by atoms with Gasteiger partial charge in [-0.2, -0.15) is 0 Å². The van der Waals surface area contributed by atoms with Crippen molar-refractivity contribution in [1.29, 1.82) is 0 Å². The quantitative estimate of drug-likeness (QED) is 0.691. The number of hydrogen-bond acceptors (Lipinski definition) is 4. The summed E-state index contributed by atoms with van der Waals surface area (Å²) in [5, 5.41) is 3.98. The minimum Gasteiger partial charge on any atom is -0.363 e. The Kier molecular flexibility index (Phi) is 3.23. The highest BCUT2D eigenvalue weighted by atomic mass is 16.5. The van der Waals surface area contributed by atoms with Crippen LogP contribution < -0.4 is 10.2 Å². The van der Waals surface area contributed by atoms with Gasteiger partial charge in [0.05, 0.1) is 25.4 Å². The molecule has 1 aromatic carbocycles. The smallest absolute Gasteiger partial charge is 0.290 e. The Hall–Kier alpha value is -2.73. The first-order valence-corrected chi connectivity index (χ1v) is 7.23. The van der Waals surface area contributed by atoms with Gasteiger partial charge in [0.25, 0.3) is 11.7 Å². The number of aryl methyl sites for hydroxylation is 2. The number of rotatable bonds is 3. The monoisotopic (exact) mass is 312 g/mol. The van der Waals surface area contributed by atoms with E-state index < -0.39 is 11.7 Å². The van der Waals surface area contributed by atoms with Gasteiger partial charge in [0, 0.05) is 6.07 Å². The lowest BCUT2D eigenvalue weighted by molar-refractivity contribution is -0.132. The second-order valence-electron chi connectivity index (χ2n) is 6.09. The molecule has 0 atom stereocenters. The van der Waals surface area contributed by atoms with Crippen LogP contribution in [-0.2, 0) is 9.59 Å². The number of Topliss-reactive ketones (excluding diaryl/α,β-unsaturated/α-hetero) is 1. The summed E-state index contributed by atoms with van der Waals surface area (Å²) in [5.41, 5.74) is 9.36. The second-order valence-corrected chi connectivity index (χ2v) is 6.09. The minimum absolute atomic E-state index is 0.313. The number of primary amides is 1. The average Bonchev–Trinajstić information content (AvgIpc) is 2.93. The Morgan fingerprint density at radius 1 is 1.17 bits per heavy atom. The van der Waals surface area contributed by atoms with E-state index >= 15 is 0 Å². The maximum absolute atomic E-state index is 12.5. The number of para-hydroxylation sites is 1. The van der Waals surface area contributed by atoms with E-state index in [0.29, 0.717) is 27.2 Å². The molecule has 2 N–H and O–H groups in total. The Balaban J connectivity index is 2.43. The number of hydrogen-bond donors (Lipinski definition) is 1. The summed E-state index contributed by atoms with van der Waals surface area (Å²) in [5.74, 6) is -1.07. The van der Waals surface area contributed by atoms with Crippen molar-refractivity contribution < 1.29 is 14.1 Å². The van der Waals surface area contributed by atoms with Crippen molar-refractivity contribution >= 4 is 28.6 Å². The zero-order chi connectivity index (χ0) is 16.9. The summed E-state index contributed by atoms with van der Waals surface area (Å²) in [4.78, 5) is 24.1. The van der Waals surface area contributed by atoms with Gasteiger partial charge in [-0.1, -0.05) is 17.3 Å². The van der Waals surface area contributed by atoms with Crippen LogP contribution in [0.25, 0.3) is 11.3 Å². The van der Waals surface area contributed by atoms with Crippen LogP contribution in [0.2, 0.25) is 0 Å². The Morgan fingerprint density at radius 2 is 1.83 bits per heavy atom. The third-order valence-electron chi connectivity index (χ3n) is 4.29. The number of nitrogens with zero attached hydrogens (tertiary/aromatic N) is 2. The first kappa shape index (κ1) is 15.2. The van der Waals surface area contributed by atoms with Crippen LogP contribution >= 0.6 is 0 Å². The maximum atomic E-state index is 12.5. The zero-order valence-corrected chi connectivity index (χ0v) is 13.5. The highest BCUT2D eigenvalue weighted by Gasteiger charge is 2.46. The van der Waals surface area contributed by atoms with E-state index in [0.717, 1.165) is 16.8 Å². The number of aromatic nitrogens is 1. The van der Waals surface area contributed by atoms with Gasteiger partial charge in [0.15, 0.2) is 5.70 Å². The molecular weight excluding hydrogens is 294 g/mol.